The maximum absolute atomic E-state index is 9.75. The lowest BCUT2D eigenvalue weighted by molar-refractivity contribution is 0.378. The van der Waals surface area contributed by atoms with E-state index in [9.17, 15) is 5.26 Å². The van der Waals surface area contributed by atoms with E-state index in [1.54, 1.807) is 0 Å². The average molecular weight is 416 g/mol. The Kier molecular flexibility index (Phi) is 10.1. The first-order valence-electron chi connectivity index (χ1n) is 11.9. The minimum atomic E-state index is 0.0910. The van der Waals surface area contributed by atoms with Crippen LogP contribution in [0.1, 0.15) is 89.7 Å². The van der Waals surface area contributed by atoms with Crippen molar-refractivity contribution in [2.24, 2.45) is 17.3 Å². The fourth-order valence-corrected chi connectivity index (χ4v) is 4.22. The molecule has 0 aromatic heterocycles. The fourth-order valence-electron chi connectivity index (χ4n) is 4.22. The molecule has 1 nitrogen and oxygen atoms in total. The zero-order valence-corrected chi connectivity index (χ0v) is 20.2. The van der Waals surface area contributed by atoms with E-state index in [2.05, 4.69) is 114 Å². The monoisotopic (exact) mass is 415 g/mol. The molecule has 0 heterocycles. The molecule has 0 spiro atoms. The Hall–Kier alpha value is -2.33. The van der Waals surface area contributed by atoms with Crippen LogP contribution in [-0.2, 0) is 0 Å². The third-order valence-electron chi connectivity index (χ3n) is 6.20. The van der Waals surface area contributed by atoms with Gasteiger partial charge in [0, 0.05) is 5.92 Å². The molecule has 0 aliphatic heterocycles. The van der Waals surface area contributed by atoms with Gasteiger partial charge in [-0.3, -0.25) is 0 Å². The summed E-state index contributed by atoms with van der Waals surface area (Å²) in [5, 5.41) is 9.75. The molecule has 0 saturated heterocycles. The molecule has 0 bridgehead atoms. The minimum Gasteiger partial charge on any atom is -0.198 e. The summed E-state index contributed by atoms with van der Waals surface area (Å²) in [6, 6.07) is 24.4. The third kappa shape index (κ3) is 9.14. The Morgan fingerprint density at radius 1 is 0.806 bits per heavy atom. The molecule has 0 N–H and O–H groups in total. The highest BCUT2D eigenvalue weighted by atomic mass is 14.3. The van der Waals surface area contributed by atoms with Crippen LogP contribution in [0.4, 0.5) is 0 Å². The molecule has 31 heavy (non-hydrogen) atoms. The predicted molar refractivity (Wildman–Crippen MR) is 134 cm³/mol. The standard InChI is InChI=1S/C30H41N/c1-24(2)29(23-31)22-28(26-17-11-7-12-18-26)21-27(25-15-9-6-10-16-25)19-13-8-14-20-30(3,4)5/h6-12,14-18,24,27-29H,13,19-22H2,1-5H3/b14-8+. The van der Waals surface area contributed by atoms with E-state index in [1.165, 1.54) is 11.1 Å². The van der Waals surface area contributed by atoms with Crippen molar-refractivity contribution in [3.8, 4) is 6.07 Å². The molecule has 2 rings (SSSR count). The molecule has 0 aliphatic rings. The summed E-state index contributed by atoms with van der Waals surface area (Å²) in [5.74, 6) is 1.37. The number of nitrogens with zero attached hydrogens (tertiary/aromatic N) is 1. The fraction of sp³-hybridized carbons (Fsp3) is 0.500. The van der Waals surface area contributed by atoms with Crippen molar-refractivity contribution in [2.75, 3.05) is 0 Å². The van der Waals surface area contributed by atoms with Gasteiger partial charge in [-0.2, -0.15) is 5.26 Å². The quantitative estimate of drug-likeness (QED) is 0.336. The molecular weight excluding hydrogens is 374 g/mol. The lowest BCUT2D eigenvalue weighted by atomic mass is 9.77. The molecule has 3 atom stereocenters. The van der Waals surface area contributed by atoms with Gasteiger partial charge in [0.2, 0.25) is 0 Å². The maximum atomic E-state index is 9.75. The second-order valence-corrected chi connectivity index (χ2v) is 10.5. The number of hydrogen-bond donors (Lipinski definition) is 0. The van der Waals surface area contributed by atoms with Gasteiger partial charge in [0.25, 0.3) is 0 Å². The first kappa shape index (κ1) is 24.9. The van der Waals surface area contributed by atoms with E-state index >= 15 is 0 Å². The maximum Gasteiger partial charge on any atom is 0.0658 e. The van der Waals surface area contributed by atoms with Crippen LogP contribution in [0.3, 0.4) is 0 Å². The molecule has 2 aromatic rings. The molecule has 0 radical (unpaired) electrons. The van der Waals surface area contributed by atoms with Gasteiger partial charge in [0.05, 0.1) is 6.07 Å². The summed E-state index contributed by atoms with van der Waals surface area (Å²) in [6.45, 7) is 11.2. The van der Waals surface area contributed by atoms with Crippen LogP contribution in [0.2, 0.25) is 0 Å². The molecule has 0 fully saturated rings. The second kappa shape index (κ2) is 12.5. The number of hydrogen-bond acceptors (Lipinski definition) is 1. The van der Waals surface area contributed by atoms with Gasteiger partial charge in [-0.25, -0.2) is 0 Å². The van der Waals surface area contributed by atoms with Crippen LogP contribution in [0.15, 0.2) is 72.8 Å². The lowest BCUT2D eigenvalue weighted by Crippen LogP contribution is -2.14. The molecule has 0 aliphatic carbocycles. The van der Waals surface area contributed by atoms with Crippen LogP contribution >= 0.6 is 0 Å². The van der Waals surface area contributed by atoms with Crippen molar-refractivity contribution in [2.45, 2.75) is 78.6 Å². The average Bonchev–Trinajstić information content (AvgIpc) is 2.75. The van der Waals surface area contributed by atoms with Crippen LogP contribution < -0.4 is 0 Å². The van der Waals surface area contributed by atoms with Crippen LogP contribution in [0.25, 0.3) is 0 Å². The Labute approximate surface area is 191 Å². The highest BCUT2D eigenvalue weighted by Crippen LogP contribution is 2.38. The van der Waals surface area contributed by atoms with Gasteiger partial charge < -0.3 is 0 Å². The first-order chi connectivity index (χ1) is 14.8. The first-order valence-corrected chi connectivity index (χ1v) is 11.9. The molecule has 166 valence electrons. The summed E-state index contributed by atoms with van der Waals surface area (Å²) in [7, 11) is 0. The normalized spacial score (nSPS) is 15.0. The summed E-state index contributed by atoms with van der Waals surface area (Å²) in [6.07, 6.45) is 10.1. The van der Waals surface area contributed by atoms with Gasteiger partial charge in [0.15, 0.2) is 0 Å². The van der Waals surface area contributed by atoms with Crippen molar-refractivity contribution in [3.05, 3.63) is 83.9 Å². The molecular formula is C30H41N. The van der Waals surface area contributed by atoms with E-state index < -0.39 is 0 Å². The SMILES string of the molecule is CC(C)C(C#N)CC(CC(CC/C=C/CC(C)(C)C)c1ccccc1)c1ccccc1. The van der Waals surface area contributed by atoms with Crippen LogP contribution in [0, 0.1) is 28.6 Å². The summed E-state index contributed by atoms with van der Waals surface area (Å²) < 4.78 is 0. The zero-order chi connectivity index (χ0) is 22.7. The molecule has 0 saturated carbocycles. The van der Waals surface area contributed by atoms with Gasteiger partial charge in [-0.15, -0.1) is 0 Å². The summed E-state index contributed by atoms with van der Waals surface area (Å²) in [4.78, 5) is 0. The summed E-state index contributed by atoms with van der Waals surface area (Å²) in [5.41, 5.74) is 3.13. The van der Waals surface area contributed by atoms with Gasteiger partial charge >= 0.3 is 0 Å². The third-order valence-corrected chi connectivity index (χ3v) is 6.20. The minimum absolute atomic E-state index is 0.0910. The molecule has 3 unspecified atom stereocenters. The Bertz CT molecular complexity index is 805. The van der Waals surface area contributed by atoms with Crippen molar-refractivity contribution in [3.63, 3.8) is 0 Å². The second-order valence-electron chi connectivity index (χ2n) is 10.5. The molecule has 2 aromatic carbocycles. The highest BCUT2D eigenvalue weighted by Gasteiger charge is 2.24. The number of benzene rings is 2. The largest absolute Gasteiger partial charge is 0.198 e. The molecule has 1 heteroatoms. The van der Waals surface area contributed by atoms with E-state index in [1.807, 2.05) is 0 Å². The van der Waals surface area contributed by atoms with E-state index in [0.717, 1.165) is 32.1 Å². The summed E-state index contributed by atoms with van der Waals surface area (Å²) >= 11 is 0. The van der Waals surface area contributed by atoms with E-state index in [0.29, 0.717) is 23.2 Å². The topological polar surface area (TPSA) is 23.8 Å². The van der Waals surface area contributed by atoms with Crippen molar-refractivity contribution >= 4 is 0 Å². The van der Waals surface area contributed by atoms with Crippen molar-refractivity contribution in [1.29, 1.82) is 5.26 Å². The van der Waals surface area contributed by atoms with Gasteiger partial charge in [-0.05, 0) is 66.4 Å². The van der Waals surface area contributed by atoms with Gasteiger partial charge in [0.1, 0.15) is 0 Å². The number of allylic oxidation sites excluding steroid dienone is 2. The zero-order valence-electron chi connectivity index (χ0n) is 20.2. The highest BCUT2D eigenvalue weighted by molar-refractivity contribution is 5.24. The number of nitriles is 1. The van der Waals surface area contributed by atoms with Crippen molar-refractivity contribution in [1.82, 2.24) is 0 Å². The Morgan fingerprint density at radius 3 is 1.84 bits per heavy atom. The molecule has 0 amide bonds. The van der Waals surface area contributed by atoms with E-state index in [4.69, 9.17) is 0 Å². The predicted octanol–water partition coefficient (Wildman–Crippen LogP) is 8.90. The van der Waals surface area contributed by atoms with Crippen LogP contribution in [0.5, 0.6) is 0 Å². The lowest BCUT2D eigenvalue weighted by Gasteiger charge is -2.27. The Morgan fingerprint density at radius 2 is 1.35 bits per heavy atom. The van der Waals surface area contributed by atoms with Crippen LogP contribution in [-0.4, -0.2) is 0 Å². The number of rotatable bonds is 11. The smallest absolute Gasteiger partial charge is 0.0658 e. The Balaban J connectivity index is 2.20. The van der Waals surface area contributed by atoms with E-state index in [-0.39, 0.29) is 5.92 Å². The van der Waals surface area contributed by atoms with Gasteiger partial charge in [-0.1, -0.05) is 107 Å². The van der Waals surface area contributed by atoms with Crippen molar-refractivity contribution < 1.29 is 0 Å².